The quantitative estimate of drug-likeness (QED) is 0.670. The van der Waals surface area contributed by atoms with Gasteiger partial charge in [-0.05, 0) is 11.5 Å². The summed E-state index contributed by atoms with van der Waals surface area (Å²) in [6.07, 6.45) is 4.91. The molecule has 1 unspecified atom stereocenters. The highest BCUT2D eigenvalue weighted by Crippen LogP contribution is 2.27. The maximum absolute atomic E-state index is 8.64. The lowest BCUT2D eigenvalue weighted by atomic mass is 9.89. The fourth-order valence-corrected chi connectivity index (χ4v) is 0.965. The van der Waals surface area contributed by atoms with E-state index < -0.39 is 0 Å². The van der Waals surface area contributed by atoms with Gasteiger partial charge in [0.05, 0.1) is 19.4 Å². The summed E-state index contributed by atoms with van der Waals surface area (Å²) in [6.45, 7) is 6.91. The number of nitrogens with zero attached hydrogens (tertiary/aromatic N) is 1. The Morgan fingerprint density at radius 2 is 2.25 bits per heavy atom. The van der Waals surface area contributed by atoms with Gasteiger partial charge in [0.1, 0.15) is 6.10 Å². The van der Waals surface area contributed by atoms with Crippen LogP contribution in [0.15, 0.2) is 6.08 Å². The molecule has 1 N–H and O–H groups in total. The van der Waals surface area contributed by atoms with Crippen LogP contribution in [-0.2, 0) is 4.84 Å². The summed E-state index contributed by atoms with van der Waals surface area (Å²) >= 11 is 0. The number of β-amino-alcohol motifs (C(OH)–C–C–N with tert-alkyl or cyclic N) is 1. The Morgan fingerprint density at radius 3 is 2.67 bits per heavy atom. The minimum absolute atomic E-state index is 0.0732. The average Bonchev–Trinajstić information content (AvgIpc) is 2.35. The molecule has 1 atom stereocenters. The monoisotopic (exact) mass is 170 g/mol. The standard InChI is InChI=1S/C9H16NO2/c1-9(2,3)8-4-5-10(12-8)6-7-11/h4,8,11H,6-7H2,1-3H3. The van der Waals surface area contributed by atoms with Crippen LogP contribution in [0.4, 0.5) is 0 Å². The molecular weight excluding hydrogens is 154 g/mol. The van der Waals surface area contributed by atoms with Crippen molar-refractivity contribution in [1.82, 2.24) is 5.06 Å². The van der Waals surface area contributed by atoms with Gasteiger partial charge in [0.25, 0.3) is 0 Å². The van der Waals surface area contributed by atoms with Crippen LogP contribution in [0.1, 0.15) is 20.8 Å². The van der Waals surface area contributed by atoms with Gasteiger partial charge in [0.2, 0.25) is 0 Å². The zero-order valence-corrected chi connectivity index (χ0v) is 7.87. The highest BCUT2D eigenvalue weighted by atomic mass is 16.7. The SMILES string of the molecule is CC(C)(C)C1C=[C]N(CCO)O1. The molecule has 0 aromatic heterocycles. The van der Waals surface area contributed by atoms with Gasteiger partial charge in [0, 0.05) is 0 Å². The zero-order valence-electron chi connectivity index (χ0n) is 7.87. The fraction of sp³-hybridized carbons (Fsp3) is 0.778. The third-order valence-corrected chi connectivity index (χ3v) is 1.77. The Labute approximate surface area is 73.6 Å². The molecule has 0 spiro atoms. The average molecular weight is 170 g/mol. The summed E-state index contributed by atoms with van der Waals surface area (Å²) in [6, 6.07) is 0. The molecule has 1 radical (unpaired) electrons. The van der Waals surface area contributed by atoms with Crippen LogP contribution in [0.3, 0.4) is 0 Å². The second-order valence-electron chi connectivity index (χ2n) is 4.01. The molecule has 0 amide bonds. The number of rotatable bonds is 2. The first-order valence-electron chi connectivity index (χ1n) is 4.19. The number of aliphatic hydroxyl groups is 1. The van der Waals surface area contributed by atoms with Crippen molar-refractivity contribution in [3.8, 4) is 0 Å². The Hall–Kier alpha value is -0.540. The second-order valence-corrected chi connectivity index (χ2v) is 4.01. The lowest BCUT2D eigenvalue weighted by Crippen LogP contribution is -2.30. The number of hydrogen-bond donors (Lipinski definition) is 1. The van der Waals surface area contributed by atoms with Gasteiger partial charge >= 0.3 is 0 Å². The van der Waals surface area contributed by atoms with Crippen molar-refractivity contribution in [2.75, 3.05) is 13.2 Å². The van der Waals surface area contributed by atoms with Gasteiger partial charge in [-0.15, -0.1) is 0 Å². The van der Waals surface area contributed by atoms with Crippen molar-refractivity contribution in [2.24, 2.45) is 5.41 Å². The summed E-state index contributed by atoms with van der Waals surface area (Å²) < 4.78 is 0. The zero-order chi connectivity index (χ0) is 9.19. The maximum Gasteiger partial charge on any atom is 0.111 e. The van der Waals surface area contributed by atoms with Gasteiger partial charge in [-0.2, -0.15) is 0 Å². The van der Waals surface area contributed by atoms with Gasteiger partial charge in [0.15, 0.2) is 0 Å². The first kappa shape index (κ1) is 9.55. The van der Waals surface area contributed by atoms with E-state index in [4.69, 9.17) is 9.94 Å². The predicted molar refractivity (Wildman–Crippen MR) is 45.9 cm³/mol. The van der Waals surface area contributed by atoms with E-state index in [1.807, 2.05) is 6.08 Å². The van der Waals surface area contributed by atoms with Crippen molar-refractivity contribution in [1.29, 1.82) is 0 Å². The largest absolute Gasteiger partial charge is 0.394 e. The molecule has 1 aliphatic heterocycles. The van der Waals surface area contributed by atoms with Gasteiger partial charge < -0.3 is 5.11 Å². The van der Waals surface area contributed by atoms with Crippen LogP contribution >= 0.6 is 0 Å². The fourth-order valence-electron chi connectivity index (χ4n) is 0.965. The summed E-state index contributed by atoms with van der Waals surface area (Å²) in [5, 5.41) is 10.2. The van der Waals surface area contributed by atoms with Crippen LogP contribution in [0, 0.1) is 11.6 Å². The third-order valence-electron chi connectivity index (χ3n) is 1.77. The Kier molecular flexibility index (Phi) is 2.75. The first-order chi connectivity index (χ1) is 5.54. The lowest BCUT2D eigenvalue weighted by Gasteiger charge is -2.26. The number of hydroxylamine groups is 2. The minimum Gasteiger partial charge on any atom is -0.394 e. The summed E-state index contributed by atoms with van der Waals surface area (Å²) in [5.41, 5.74) is 0.0945. The molecule has 3 nitrogen and oxygen atoms in total. The second kappa shape index (κ2) is 3.46. The van der Waals surface area contributed by atoms with Crippen molar-refractivity contribution < 1.29 is 9.94 Å². The van der Waals surface area contributed by atoms with E-state index in [2.05, 4.69) is 27.0 Å². The van der Waals surface area contributed by atoms with E-state index in [-0.39, 0.29) is 18.1 Å². The minimum atomic E-state index is 0.0732. The Morgan fingerprint density at radius 1 is 1.58 bits per heavy atom. The van der Waals surface area contributed by atoms with Gasteiger partial charge in [-0.3, -0.25) is 4.84 Å². The van der Waals surface area contributed by atoms with Crippen molar-refractivity contribution in [3.63, 3.8) is 0 Å². The van der Waals surface area contributed by atoms with Crippen LogP contribution in [0.2, 0.25) is 0 Å². The summed E-state index contributed by atoms with van der Waals surface area (Å²) in [7, 11) is 0. The molecule has 69 valence electrons. The normalized spacial score (nSPS) is 23.7. The van der Waals surface area contributed by atoms with Gasteiger partial charge in [-0.1, -0.05) is 20.8 Å². The third kappa shape index (κ3) is 2.22. The Balaban J connectivity index is 2.42. The van der Waals surface area contributed by atoms with Crippen molar-refractivity contribution in [2.45, 2.75) is 26.9 Å². The summed E-state index contributed by atoms with van der Waals surface area (Å²) in [4.78, 5) is 5.47. The molecule has 0 fully saturated rings. The molecule has 0 aromatic carbocycles. The molecule has 0 aliphatic carbocycles. The Bertz CT molecular complexity index is 172. The topological polar surface area (TPSA) is 32.7 Å². The maximum atomic E-state index is 8.64. The van der Waals surface area contributed by atoms with E-state index in [1.54, 1.807) is 5.06 Å². The molecular formula is C9H16NO2. The molecule has 12 heavy (non-hydrogen) atoms. The van der Waals surface area contributed by atoms with E-state index in [9.17, 15) is 0 Å². The van der Waals surface area contributed by atoms with Crippen LogP contribution in [-0.4, -0.2) is 29.4 Å². The van der Waals surface area contributed by atoms with Crippen LogP contribution in [0.5, 0.6) is 0 Å². The lowest BCUT2D eigenvalue weighted by molar-refractivity contribution is -0.165. The predicted octanol–water partition coefficient (Wildman–Crippen LogP) is 0.957. The molecule has 0 bridgehead atoms. The molecule has 0 saturated carbocycles. The highest BCUT2D eigenvalue weighted by molar-refractivity contribution is 4.94. The van der Waals surface area contributed by atoms with E-state index >= 15 is 0 Å². The molecule has 1 rings (SSSR count). The van der Waals surface area contributed by atoms with E-state index in [0.29, 0.717) is 6.54 Å². The van der Waals surface area contributed by atoms with Crippen LogP contribution in [0.25, 0.3) is 0 Å². The molecule has 1 heterocycles. The van der Waals surface area contributed by atoms with Crippen LogP contribution < -0.4 is 0 Å². The number of aliphatic hydroxyl groups excluding tert-OH is 1. The highest BCUT2D eigenvalue weighted by Gasteiger charge is 2.28. The molecule has 1 aliphatic rings. The molecule has 0 saturated heterocycles. The molecule has 3 heteroatoms. The van der Waals surface area contributed by atoms with Crippen molar-refractivity contribution in [3.05, 3.63) is 12.3 Å². The smallest absolute Gasteiger partial charge is 0.111 e. The van der Waals surface area contributed by atoms with Crippen molar-refractivity contribution >= 4 is 0 Å². The van der Waals surface area contributed by atoms with Gasteiger partial charge in [-0.25, -0.2) is 5.06 Å². The summed E-state index contributed by atoms with van der Waals surface area (Å²) in [5.74, 6) is 0. The molecule has 0 aromatic rings. The number of hydrogen-bond acceptors (Lipinski definition) is 3. The van der Waals surface area contributed by atoms with E-state index in [0.717, 1.165) is 0 Å². The van der Waals surface area contributed by atoms with E-state index in [1.165, 1.54) is 0 Å². The first-order valence-corrected chi connectivity index (χ1v) is 4.19.